The zero-order valence-corrected chi connectivity index (χ0v) is 13.0. The van der Waals surface area contributed by atoms with E-state index in [1.54, 1.807) is 0 Å². The Labute approximate surface area is 127 Å². The van der Waals surface area contributed by atoms with E-state index in [1.165, 1.54) is 18.4 Å². The molecule has 0 bridgehead atoms. The molecule has 0 aliphatic carbocycles. The summed E-state index contributed by atoms with van der Waals surface area (Å²) in [5.74, 6) is 0.667. The van der Waals surface area contributed by atoms with Gasteiger partial charge in [-0.1, -0.05) is 30.3 Å². The van der Waals surface area contributed by atoms with E-state index in [0.717, 1.165) is 26.1 Å². The van der Waals surface area contributed by atoms with Crippen LogP contribution in [0.4, 0.5) is 0 Å². The summed E-state index contributed by atoms with van der Waals surface area (Å²) in [6.45, 7) is 7.37. The van der Waals surface area contributed by atoms with E-state index in [0.29, 0.717) is 12.3 Å². The zero-order valence-electron chi connectivity index (χ0n) is 13.0. The fourth-order valence-corrected chi connectivity index (χ4v) is 3.11. The largest absolute Gasteiger partial charge is 0.299 e. The Morgan fingerprint density at radius 3 is 2.57 bits per heavy atom. The monoisotopic (exact) mass is 290 g/mol. The van der Waals surface area contributed by atoms with E-state index in [4.69, 9.17) is 4.84 Å². The van der Waals surface area contributed by atoms with E-state index in [2.05, 4.69) is 40.7 Å². The first kappa shape index (κ1) is 16.0. The minimum Gasteiger partial charge on any atom is -0.299 e. The molecule has 1 N–H and O–H groups in total. The molecule has 1 fully saturated rings. The van der Waals surface area contributed by atoms with Crippen LogP contribution in [0, 0.1) is 5.92 Å². The summed E-state index contributed by atoms with van der Waals surface area (Å²) < 4.78 is 0. The van der Waals surface area contributed by atoms with Gasteiger partial charge in [-0.15, -0.1) is 0 Å². The minimum atomic E-state index is -0.298. The Morgan fingerprint density at radius 2 is 1.95 bits per heavy atom. The third-order valence-electron chi connectivity index (χ3n) is 4.12. The lowest BCUT2D eigenvalue weighted by molar-refractivity contribution is -0.138. The predicted molar refractivity (Wildman–Crippen MR) is 83.4 cm³/mol. The average molecular weight is 290 g/mol. The van der Waals surface area contributed by atoms with Crippen LogP contribution in [0.25, 0.3) is 0 Å². The maximum Gasteiger partial charge on any atom is 0.230 e. The van der Waals surface area contributed by atoms with Gasteiger partial charge in [-0.05, 0) is 57.7 Å². The fraction of sp³-hybridized carbons (Fsp3) is 0.588. The third kappa shape index (κ3) is 5.48. The van der Waals surface area contributed by atoms with Crippen LogP contribution in [0.3, 0.4) is 0 Å². The molecule has 1 heterocycles. The van der Waals surface area contributed by atoms with Gasteiger partial charge in [0, 0.05) is 6.54 Å². The Kier molecular flexibility index (Phi) is 5.76. The lowest BCUT2D eigenvalue weighted by Gasteiger charge is -2.35. The van der Waals surface area contributed by atoms with Gasteiger partial charge in [-0.25, -0.2) is 5.48 Å². The summed E-state index contributed by atoms with van der Waals surface area (Å²) in [6, 6.07) is 10.6. The van der Waals surface area contributed by atoms with Gasteiger partial charge in [-0.3, -0.25) is 14.5 Å². The molecule has 2 rings (SSSR count). The molecule has 1 aromatic carbocycles. The van der Waals surface area contributed by atoms with Crippen LogP contribution in [0.5, 0.6) is 0 Å². The van der Waals surface area contributed by atoms with E-state index in [9.17, 15) is 4.79 Å². The molecule has 0 aromatic heterocycles. The number of rotatable bonds is 7. The number of nitrogens with zero attached hydrogens (tertiary/aromatic N) is 1. The molecular formula is C17H26N2O2. The van der Waals surface area contributed by atoms with Crippen LogP contribution >= 0.6 is 0 Å². The highest BCUT2D eigenvalue weighted by Crippen LogP contribution is 2.28. The summed E-state index contributed by atoms with van der Waals surface area (Å²) in [4.78, 5) is 18.2. The molecule has 0 spiro atoms. The number of hydrogen-bond acceptors (Lipinski definition) is 3. The number of carbonyl (C=O) groups excluding carboxylic acids is 1. The highest BCUT2D eigenvalue weighted by atomic mass is 16.7. The van der Waals surface area contributed by atoms with Crippen molar-refractivity contribution in [3.05, 3.63) is 35.9 Å². The molecule has 0 radical (unpaired) electrons. The Morgan fingerprint density at radius 1 is 1.29 bits per heavy atom. The van der Waals surface area contributed by atoms with E-state index < -0.39 is 0 Å². The van der Waals surface area contributed by atoms with Gasteiger partial charge >= 0.3 is 0 Å². The highest BCUT2D eigenvalue weighted by molar-refractivity contribution is 5.43. The minimum absolute atomic E-state index is 0.298. The summed E-state index contributed by atoms with van der Waals surface area (Å²) in [5, 5.41) is 0. The molecule has 0 saturated carbocycles. The van der Waals surface area contributed by atoms with Crippen molar-refractivity contribution < 1.29 is 9.63 Å². The van der Waals surface area contributed by atoms with Crippen molar-refractivity contribution in [2.45, 2.75) is 45.3 Å². The van der Waals surface area contributed by atoms with Crippen LogP contribution in [0.2, 0.25) is 0 Å². The molecule has 0 atom stereocenters. The number of likely N-dealkylation sites (tertiary alicyclic amines) is 1. The maximum atomic E-state index is 10.3. The van der Waals surface area contributed by atoms with Crippen molar-refractivity contribution in [2.75, 3.05) is 13.1 Å². The topological polar surface area (TPSA) is 41.6 Å². The molecule has 1 saturated heterocycles. The normalized spacial score (nSPS) is 17.6. The molecule has 1 aliphatic rings. The van der Waals surface area contributed by atoms with Crippen LogP contribution in [-0.2, 0) is 16.2 Å². The second kappa shape index (κ2) is 7.57. The number of carbonyl (C=O) groups is 1. The smallest absolute Gasteiger partial charge is 0.230 e. The first-order valence-corrected chi connectivity index (χ1v) is 7.72. The molecule has 1 aromatic rings. The lowest BCUT2D eigenvalue weighted by atomic mass is 9.86. The second-order valence-corrected chi connectivity index (χ2v) is 6.51. The molecule has 116 valence electrons. The van der Waals surface area contributed by atoms with Gasteiger partial charge in [0.05, 0.1) is 5.60 Å². The average Bonchev–Trinajstić information content (AvgIpc) is 2.48. The molecular weight excluding hydrogens is 264 g/mol. The summed E-state index contributed by atoms with van der Waals surface area (Å²) in [5.41, 5.74) is 3.41. The second-order valence-electron chi connectivity index (χ2n) is 6.51. The number of piperidine rings is 1. The van der Waals surface area contributed by atoms with Gasteiger partial charge in [0.2, 0.25) is 6.41 Å². The number of benzene rings is 1. The van der Waals surface area contributed by atoms with Crippen molar-refractivity contribution >= 4 is 6.41 Å². The Balaban J connectivity index is 1.74. The van der Waals surface area contributed by atoms with Crippen LogP contribution in [0.15, 0.2) is 30.3 Å². The molecule has 0 unspecified atom stereocenters. The lowest BCUT2D eigenvalue weighted by Crippen LogP contribution is -2.38. The number of hydrogen-bond donors (Lipinski definition) is 1. The molecule has 1 amide bonds. The first-order chi connectivity index (χ1) is 10.1. The zero-order chi connectivity index (χ0) is 15.1. The van der Waals surface area contributed by atoms with Gasteiger partial charge in [0.25, 0.3) is 0 Å². The Bertz CT molecular complexity index is 426. The van der Waals surface area contributed by atoms with E-state index in [1.807, 2.05) is 13.8 Å². The van der Waals surface area contributed by atoms with Crippen molar-refractivity contribution in [3.8, 4) is 0 Å². The highest BCUT2D eigenvalue weighted by Gasteiger charge is 2.27. The van der Waals surface area contributed by atoms with Crippen LogP contribution in [-0.4, -0.2) is 30.0 Å². The summed E-state index contributed by atoms with van der Waals surface area (Å²) >= 11 is 0. The number of amides is 1. The number of hydroxylamine groups is 1. The third-order valence-corrected chi connectivity index (χ3v) is 4.12. The predicted octanol–water partition coefficient (Wildman–Crippen LogP) is 2.74. The van der Waals surface area contributed by atoms with Gasteiger partial charge in [-0.2, -0.15) is 0 Å². The SMILES string of the molecule is CC(C)(CC1CCN(Cc2ccccc2)CC1)ONC=O. The van der Waals surface area contributed by atoms with E-state index in [-0.39, 0.29) is 5.60 Å². The maximum absolute atomic E-state index is 10.3. The summed E-state index contributed by atoms with van der Waals surface area (Å²) in [7, 11) is 0. The summed E-state index contributed by atoms with van der Waals surface area (Å²) in [6.07, 6.45) is 3.96. The fourth-order valence-electron chi connectivity index (χ4n) is 3.11. The van der Waals surface area contributed by atoms with Crippen molar-refractivity contribution in [1.29, 1.82) is 0 Å². The van der Waals surface area contributed by atoms with Crippen molar-refractivity contribution in [1.82, 2.24) is 10.4 Å². The molecule has 4 nitrogen and oxygen atoms in total. The molecule has 4 heteroatoms. The molecule has 1 aliphatic heterocycles. The van der Waals surface area contributed by atoms with Gasteiger partial charge < -0.3 is 0 Å². The quantitative estimate of drug-likeness (QED) is 0.620. The van der Waals surface area contributed by atoms with Crippen molar-refractivity contribution in [2.24, 2.45) is 5.92 Å². The Hall–Kier alpha value is -1.39. The standard InChI is InChI=1S/C17H26N2O2/c1-17(2,21-18-14-20)12-15-8-10-19(11-9-15)13-16-6-4-3-5-7-16/h3-7,14-15H,8-13H2,1-2H3,(H,18,20). The van der Waals surface area contributed by atoms with Gasteiger partial charge in [0.1, 0.15) is 0 Å². The van der Waals surface area contributed by atoms with E-state index >= 15 is 0 Å². The van der Waals surface area contributed by atoms with Crippen molar-refractivity contribution in [3.63, 3.8) is 0 Å². The van der Waals surface area contributed by atoms with Crippen LogP contribution in [0.1, 0.15) is 38.7 Å². The molecule has 21 heavy (non-hydrogen) atoms. The van der Waals surface area contributed by atoms with Gasteiger partial charge in [0.15, 0.2) is 0 Å². The van der Waals surface area contributed by atoms with Crippen LogP contribution < -0.4 is 5.48 Å². The number of nitrogens with one attached hydrogen (secondary N) is 1. The first-order valence-electron chi connectivity index (χ1n) is 7.72.